The predicted molar refractivity (Wildman–Crippen MR) is 98.4 cm³/mol. The van der Waals surface area contributed by atoms with Gasteiger partial charge in [-0.25, -0.2) is 4.68 Å². The Hall–Kier alpha value is -1.31. The van der Waals surface area contributed by atoms with Gasteiger partial charge in [0.05, 0.1) is 35.9 Å². The molecule has 0 saturated carbocycles. The number of nitrogens with zero attached hydrogens (tertiary/aromatic N) is 2. The smallest absolute Gasteiger partial charge is 0.239 e. The van der Waals surface area contributed by atoms with Crippen molar-refractivity contribution in [2.24, 2.45) is 0 Å². The summed E-state index contributed by atoms with van der Waals surface area (Å²) in [5.74, 6) is 0.444. The second-order valence-electron chi connectivity index (χ2n) is 4.80. The molecule has 0 aliphatic rings. The van der Waals surface area contributed by atoms with Crippen LogP contribution in [0.4, 0.5) is 5.82 Å². The third-order valence-corrected chi connectivity index (χ3v) is 3.96. The van der Waals surface area contributed by atoms with E-state index < -0.39 is 0 Å². The van der Waals surface area contributed by atoms with E-state index in [1.54, 1.807) is 30.1 Å². The summed E-state index contributed by atoms with van der Waals surface area (Å²) in [6.45, 7) is 1.78. The molecule has 1 heterocycles. The molecule has 0 spiro atoms. The summed E-state index contributed by atoms with van der Waals surface area (Å²) in [5, 5.41) is 11.0. The first-order valence-corrected chi connectivity index (χ1v) is 7.81. The van der Waals surface area contributed by atoms with Gasteiger partial charge in [-0.1, -0.05) is 35.3 Å². The van der Waals surface area contributed by atoms with Crippen LogP contribution in [0.5, 0.6) is 0 Å². The molecule has 24 heavy (non-hydrogen) atoms. The lowest BCUT2D eigenvalue weighted by atomic mass is 10.2. The van der Waals surface area contributed by atoms with Gasteiger partial charge >= 0.3 is 0 Å². The lowest BCUT2D eigenvalue weighted by Crippen LogP contribution is -2.31. The van der Waals surface area contributed by atoms with Crippen molar-refractivity contribution in [3.8, 4) is 0 Å². The van der Waals surface area contributed by atoms with E-state index in [0.29, 0.717) is 35.6 Å². The Labute approximate surface area is 156 Å². The first-order valence-electron chi connectivity index (χ1n) is 7.06. The Morgan fingerprint density at radius 2 is 2.12 bits per heavy atom. The van der Waals surface area contributed by atoms with Crippen molar-refractivity contribution in [3.05, 3.63) is 46.1 Å². The van der Waals surface area contributed by atoms with E-state index in [1.165, 1.54) is 0 Å². The normalized spacial score (nSPS) is 10.3. The Bertz CT molecular complexity index is 664. The summed E-state index contributed by atoms with van der Waals surface area (Å²) in [6, 6.07) is 7.15. The van der Waals surface area contributed by atoms with Gasteiger partial charge < -0.3 is 15.4 Å². The van der Waals surface area contributed by atoms with Crippen LogP contribution in [-0.4, -0.2) is 42.5 Å². The number of rotatable bonds is 8. The molecule has 0 aliphatic heterocycles. The lowest BCUT2D eigenvalue weighted by Gasteiger charge is -2.11. The summed E-state index contributed by atoms with van der Waals surface area (Å²) < 4.78 is 6.56. The van der Waals surface area contributed by atoms with Crippen LogP contribution in [0.25, 0.3) is 0 Å². The van der Waals surface area contributed by atoms with E-state index in [9.17, 15) is 4.79 Å². The van der Waals surface area contributed by atoms with E-state index in [-0.39, 0.29) is 24.9 Å². The molecule has 132 valence electrons. The average Bonchev–Trinajstić information content (AvgIpc) is 2.95. The van der Waals surface area contributed by atoms with Gasteiger partial charge in [0.25, 0.3) is 0 Å². The van der Waals surface area contributed by atoms with Gasteiger partial charge in [0.15, 0.2) is 0 Å². The minimum atomic E-state index is -0.153. The number of methoxy groups -OCH3 is 1. The van der Waals surface area contributed by atoms with Gasteiger partial charge in [0, 0.05) is 19.7 Å². The molecule has 2 rings (SSSR count). The second kappa shape index (κ2) is 10.5. The Balaban J connectivity index is 0.00000288. The number of amides is 1. The molecule has 0 unspecified atom stereocenters. The van der Waals surface area contributed by atoms with Crippen LogP contribution in [0, 0.1) is 0 Å². The SMILES string of the molecule is COCCNCC(=O)Nc1ccnn1Cc1cccc(Cl)c1Cl.Cl. The number of halogens is 3. The van der Waals surface area contributed by atoms with Crippen LogP contribution in [0.3, 0.4) is 0 Å². The van der Waals surface area contributed by atoms with Gasteiger partial charge in [-0.3, -0.25) is 4.79 Å². The van der Waals surface area contributed by atoms with Gasteiger partial charge in [-0.15, -0.1) is 12.4 Å². The Kier molecular flexibility index (Phi) is 9.10. The summed E-state index contributed by atoms with van der Waals surface area (Å²) in [5.41, 5.74) is 0.830. The highest BCUT2D eigenvalue weighted by Gasteiger charge is 2.10. The van der Waals surface area contributed by atoms with Gasteiger partial charge in [-0.2, -0.15) is 5.10 Å². The van der Waals surface area contributed by atoms with Gasteiger partial charge in [0.1, 0.15) is 5.82 Å². The fourth-order valence-corrected chi connectivity index (χ4v) is 2.34. The van der Waals surface area contributed by atoms with E-state index in [0.717, 1.165) is 5.56 Å². The van der Waals surface area contributed by atoms with Crippen molar-refractivity contribution in [2.75, 3.05) is 32.1 Å². The van der Waals surface area contributed by atoms with Crippen LogP contribution in [-0.2, 0) is 16.1 Å². The molecule has 6 nitrogen and oxygen atoms in total. The monoisotopic (exact) mass is 392 g/mol. The number of carbonyl (C=O) groups excluding carboxylic acids is 1. The van der Waals surface area contributed by atoms with Crippen molar-refractivity contribution in [2.45, 2.75) is 6.54 Å². The lowest BCUT2D eigenvalue weighted by molar-refractivity contribution is -0.115. The summed E-state index contributed by atoms with van der Waals surface area (Å²) in [6.07, 6.45) is 1.62. The highest BCUT2D eigenvalue weighted by atomic mass is 35.5. The fourth-order valence-electron chi connectivity index (χ4n) is 1.96. The highest BCUT2D eigenvalue weighted by Crippen LogP contribution is 2.26. The molecule has 0 radical (unpaired) electrons. The summed E-state index contributed by atoms with van der Waals surface area (Å²) in [4.78, 5) is 11.9. The van der Waals surface area contributed by atoms with Crippen molar-refractivity contribution in [1.29, 1.82) is 0 Å². The van der Waals surface area contributed by atoms with Gasteiger partial charge in [0.2, 0.25) is 5.91 Å². The van der Waals surface area contributed by atoms with Gasteiger partial charge in [-0.05, 0) is 11.6 Å². The van der Waals surface area contributed by atoms with Crippen molar-refractivity contribution in [1.82, 2.24) is 15.1 Å². The van der Waals surface area contributed by atoms with Crippen molar-refractivity contribution in [3.63, 3.8) is 0 Å². The third-order valence-electron chi connectivity index (χ3n) is 3.10. The Morgan fingerprint density at radius 1 is 1.33 bits per heavy atom. The fraction of sp³-hybridized carbons (Fsp3) is 0.333. The molecule has 2 N–H and O–H groups in total. The number of nitrogens with one attached hydrogen (secondary N) is 2. The number of hydrogen-bond acceptors (Lipinski definition) is 4. The molecular weight excluding hydrogens is 375 g/mol. The number of anilines is 1. The maximum Gasteiger partial charge on any atom is 0.239 e. The number of carbonyl (C=O) groups is 1. The first-order chi connectivity index (χ1) is 11.1. The molecule has 2 aromatic rings. The molecule has 1 amide bonds. The molecule has 0 bridgehead atoms. The van der Waals surface area contributed by atoms with Crippen LogP contribution in [0.1, 0.15) is 5.56 Å². The average molecular weight is 394 g/mol. The minimum absolute atomic E-state index is 0. The molecule has 1 aromatic carbocycles. The maximum absolute atomic E-state index is 11.9. The highest BCUT2D eigenvalue weighted by molar-refractivity contribution is 6.42. The zero-order valence-electron chi connectivity index (χ0n) is 13.1. The number of aromatic nitrogens is 2. The zero-order valence-corrected chi connectivity index (χ0v) is 15.4. The molecule has 0 aliphatic carbocycles. The molecule has 9 heteroatoms. The molecule has 0 saturated heterocycles. The summed E-state index contributed by atoms with van der Waals surface area (Å²) >= 11 is 12.2. The quantitative estimate of drug-likeness (QED) is 0.677. The topological polar surface area (TPSA) is 68.2 Å². The summed E-state index contributed by atoms with van der Waals surface area (Å²) in [7, 11) is 1.61. The predicted octanol–water partition coefficient (Wildman–Crippen LogP) is 2.83. The number of ether oxygens (including phenoxy) is 1. The molecular formula is C15H19Cl3N4O2. The maximum atomic E-state index is 11.9. The van der Waals surface area contributed by atoms with Crippen LogP contribution in [0.15, 0.2) is 30.5 Å². The van der Waals surface area contributed by atoms with E-state index >= 15 is 0 Å². The molecule has 0 atom stereocenters. The molecule has 0 fully saturated rings. The van der Waals surface area contributed by atoms with Crippen LogP contribution < -0.4 is 10.6 Å². The van der Waals surface area contributed by atoms with Crippen LogP contribution >= 0.6 is 35.6 Å². The second-order valence-corrected chi connectivity index (χ2v) is 5.59. The standard InChI is InChI=1S/C15H18Cl2N4O2.ClH/c1-23-8-7-18-9-14(22)20-13-5-6-19-21(13)10-11-3-2-4-12(16)15(11)17;/h2-6,18H,7-10H2,1H3,(H,20,22);1H. The van der Waals surface area contributed by atoms with E-state index in [4.69, 9.17) is 27.9 Å². The Morgan fingerprint density at radius 3 is 2.88 bits per heavy atom. The first kappa shape index (κ1) is 20.7. The van der Waals surface area contributed by atoms with Crippen LogP contribution in [0.2, 0.25) is 10.0 Å². The number of hydrogen-bond donors (Lipinski definition) is 2. The third kappa shape index (κ3) is 5.96. The molecule has 1 aromatic heterocycles. The van der Waals surface area contributed by atoms with E-state index in [1.807, 2.05) is 12.1 Å². The van der Waals surface area contributed by atoms with Crippen molar-refractivity contribution < 1.29 is 9.53 Å². The number of benzene rings is 1. The van der Waals surface area contributed by atoms with E-state index in [2.05, 4.69) is 15.7 Å². The zero-order chi connectivity index (χ0) is 16.7. The largest absolute Gasteiger partial charge is 0.383 e. The minimum Gasteiger partial charge on any atom is -0.383 e. The van der Waals surface area contributed by atoms with Crippen molar-refractivity contribution >= 4 is 47.3 Å².